The molecule has 0 unspecified atom stereocenters. The second kappa shape index (κ2) is 8.21. The quantitative estimate of drug-likeness (QED) is 0.706. The van der Waals surface area contributed by atoms with Gasteiger partial charge in [-0.15, -0.1) is 12.4 Å². The lowest BCUT2D eigenvalue weighted by molar-refractivity contribution is -0.126. The average Bonchev–Trinajstić information content (AvgIpc) is 2.91. The minimum atomic E-state index is -0.923. The summed E-state index contributed by atoms with van der Waals surface area (Å²) in [7, 11) is 0. The van der Waals surface area contributed by atoms with Gasteiger partial charge in [-0.2, -0.15) is 0 Å². The predicted octanol–water partition coefficient (Wildman–Crippen LogP) is 1.50. The van der Waals surface area contributed by atoms with E-state index in [1.807, 2.05) is 0 Å². The van der Waals surface area contributed by atoms with Crippen molar-refractivity contribution in [2.75, 3.05) is 13.1 Å². The second-order valence-corrected chi connectivity index (χ2v) is 5.47. The van der Waals surface area contributed by atoms with Crippen LogP contribution in [0.5, 0.6) is 0 Å². The van der Waals surface area contributed by atoms with E-state index in [1.165, 1.54) is 6.07 Å². The molecule has 0 aliphatic heterocycles. The van der Waals surface area contributed by atoms with Crippen molar-refractivity contribution in [2.45, 2.75) is 31.2 Å². The lowest BCUT2D eigenvalue weighted by Gasteiger charge is -2.22. The molecule has 1 saturated carbocycles. The van der Waals surface area contributed by atoms with Crippen LogP contribution < -0.4 is 16.4 Å². The maximum absolute atomic E-state index is 13.4. The number of amides is 2. The zero-order chi connectivity index (χ0) is 16.2. The summed E-state index contributed by atoms with van der Waals surface area (Å²) >= 11 is 0. The Hall–Kier alpha value is -1.73. The first kappa shape index (κ1) is 19.3. The average molecular weight is 348 g/mol. The number of carbonyl (C=O) groups is 2. The van der Waals surface area contributed by atoms with Gasteiger partial charge in [0, 0.05) is 13.1 Å². The van der Waals surface area contributed by atoms with Crippen LogP contribution in [0, 0.1) is 11.6 Å². The van der Waals surface area contributed by atoms with Crippen LogP contribution in [0.3, 0.4) is 0 Å². The Balaban J connectivity index is 0.00000264. The van der Waals surface area contributed by atoms with E-state index in [4.69, 9.17) is 5.73 Å². The monoisotopic (exact) mass is 347 g/mol. The Morgan fingerprint density at radius 1 is 1.09 bits per heavy atom. The first-order valence-corrected chi connectivity index (χ1v) is 7.23. The van der Waals surface area contributed by atoms with Gasteiger partial charge >= 0.3 is 0 Å². The molecule has 8 heteroatoms. The van der Waals surface area contributed by atoms with Gasteiger partial charge < -0.3 is 16.4 Å². The summed E-state index contributed by atoms with van der Waals surface area (Å²) in [5.41, 5.74) is 4.52. The largest absolute Gasteiger partial charge is 0.353 e. The Labute approximate surface area is 139 Å². The molecule has 2 amide bonds. The van der Waals surface area contributed by atoms with Gasteiger partial charge in [0.2, 0.25) is 5.91 Å². The van der Waals surface area contributed by atoms with E-state index in [0.717, 1.165) is 25.0 Å². The Kier molecular flexibility index (Phi) is 6.90. The summed E-state index contributed by atoms with van der Waals surface area (Å²) in [5.74, 6) is -2.95. The third-order valence-electron chi connectivity index (χ3n) is 3.83. The summed E-state index contributed by atoms with van der Waals surface area (Å²) in [6, 6.07) is 3.21. The highest BCUT2D eigenvalue weighted by Gasteiger charge is 2.36. The molecule has 0 spiro atoms. The van der Waals surface area contributed by atoms with Crippen molar-refractivity contribution in [3.8, 4) is 0 Å². The van der Waals surface area contributed by atoms with Crippen LogP contribution in [0.1, 0.15) is 36.0 Å². The molecular formula is C15H20ClF2N3O2. The maximum Gasteiger partial charge on any atom is 0.257 e. The summed E-state index contributed by atoms with van der Waals surface area (Å²) in [6.45, 7) is 0.216. The molecule has 1 fully saturated rings. The highest BCUT2D eigenvalue weighted by molar-refractivity contribution is 5.94. The molecule has 0 radical (unpaired) electrons. The summed E-state index contributed by atoms with van der Waals surface area (Å²) in [5, 5.41) is 5.00. The maximum atomic E-state index is 13.4. The summed E-state index contributed by atoms with van der Waals surface area (Å²) in [6.07, 6.45) is 3.14. The normalized spacial score (nSPS) is 15.6. The first-order valence-electron chi connectivity index (χ1n) is 7.23. The Morgan fingerprint density at radius 2 is 1.61 bits per heavy atom. The van der Waals surface area contributed by atoms with Crippen LogP contribution in [-0.2, 0) is 4.79 Å². The molecule has 128 valence electrons. The zero-order valence-electron chi connectivity index (χ0n) is 12.5. The number of hydrogen-bond acceptors (Lipinski definition) is 3. The van der Waals surface area contributed by atoms with Gasteiger partial charge in [-0.05, 0) is 25.0 Å². The van der Waals surface area contributed by atoms with E-state index >= 15 is 0 Å². The third kappa shape index (κ3) is 4.62. The van der Waals surface area contributed by atoms with Crippen LogP contribution in [0.25, 0.3) is 0 Å². The lowest BCUT2D eigenvalue weighted by Crippen LogP contribution is -2.53. The molecule has 0 bridgehead atoms. The molecule has 2 rings (SSSR count). The molecule has 4 N–H and O–H groups in total. The van der Waals surface area contributed by atoms with E-state index in [2.05, 4.69) is 10.6 Å². The molecule has 5 nitrogen and oxygen atoms in total. The molecule has 1 aromatic rings. The molecular weight excluding hydrogens is 328 g/mol. The number of halogens is 3. The van der Waals surface area contributed by atoms with E-state index in [0.29, 0.717) is 12.8 Å². The van der Waals surface area contributed by atoms with Crippen LogP contribution in [0.4, 0.5) is 8.78 Å². The van der Waals surface area contributed by atoms with Gasteiger partial charge in [0.25, 0.3) is 5.91 Å². The molecule has 0 aromatic heterocycles. The Morgan fingerprint density at radius 3 is 2.17 bits per heavy atom. The van der Waals surface area contributed by atoms with E-state index in [9.17, 15) is 18.4 Å². The third-order valence-corrected chi connectivity index (χ3v) is 3.83. The fourth-order valence-corrected chi connectivity index (χ4v) is 2.56. The fraction of sp³-hybridized carbons (Fsp3) is 0.467. The second-order valence-electron chi connectivity index (χ2n) is 5.47. The van der Waals surface area contributed by atoms with Crippen molar-refractivity contribution in [1.82, 2.24) is 10.6 Å². The van der Waals surface area contributed by atoms with Crippen LogP contribution >= 0.6 is 12.4 Å². The first-order chi connectivity index (χ1) is 10.4. The Bertz CT molecular complexity index is 558. The van der Waals surface area contributed by atoms with Gasteiger partial charge in [-0.1, -0.05) is 18.9 Å². The minimum absolute atomic E-state index is 0. The van der Waals surface area contributed by atoms with Crippen molar-refractivity contribution in [1.29, 1.82) is 0 Å². The SMILES string of the molecule is Cl.NC1(C(=O)NCCNC(=O)c2c(F)cccc2F)CCCC1. The van der Waals surface area contributed by atoms with Gasteiger partial charge in [-0.3, -0.25) is 9.59 Å². The number of rotatable bonds is 5. The fourth-order valence-electron chi connectivity index (χ4n) is 2.56. The van der Waals surface area contributed by atoms with E-state index in [1.54, 1.807) is 0 Å². The molecule has 23 heavy (non-hydrogen) atoms. The minimum Gasteiger partial charge on any atom is -0.353 e. The lowest BCUT2D eigenvalue weighted by atomic mass is 9.98. The molecule has 0 atom stereocenters. The topological polar surface area (TPSA) is 84.2 Å². The van der Waals surface area contributed by atoms with Crippen molar-refractivity contribution >= 4 is 24.2 Å². The van der Waals surface area contributed by atoms with Crippen molar-refractivity contribution in [2.24, 2.45) is 5.73 Å². The molecule has 0 saturated heterocycles. The number of hydrogen-bond donors (Lipinski definition) is 3. The van der Waals surface area contributed by atoms with Crippen LogP contribution in [0.2, 0.25) is 0 Å². The van der Waals surface area contributed by atoms with Crippen molar-refractivity contribution < 1.29 is 18.4 Å². The van der Waals surface area contributed by atoms with Crippen LogP contribution in [-0.4, -0.2) is 30.4 Å². The van der Waals surface area contributed by atoms with Gasteiger partial charge in [0.15, 0.2) is 0 Å². The molecule has 0 heterocycles. The smallest absolute Gasteiger partial charge is 0.257 e. The summed E-state index contributed by atoms with van der Waals surface area (Å²) in [4.78, 5) is 23.6. The van der Waals surface area contributed by atoms with Gasteiger partial charge in [-0.25, -0.2) is 8.78 Å². The highest BCUT2D eigenvalue weighted by Crippen LogP contribution is 2.27. The zero-order valence-corrected chi connectivity index (χ0v) is 13.3. The highest BCUT2D eigenvalue weighted by atomic mass is 35.5. The van der Waals surface area contributed by atoms with Gasteiger partial charge in [0.05, 0.1) is 5.54 Å². The number of nitrogens with two attached hydrogens (primary N) is 1. The number of benzene rings is 1. The summed E-state index contributed by atoms with van der Waals surface area (Å²) < 4.78 is 26.8. The number of carbonyl (C=O) groups excluding carboxylic acids is 2. The van der Waals surface area contributed by atoms with Crippen LogP contribution in [0.15, 0.2) is 18.2 Å². The predicted molar refractivity (Wildman–Crippen MR) is 84.3 cm³/mol. The van der Waals surface area contributed by atoms with Crippen molar-refractivity contribution in [3.63, 3.8) is 0 Å². The molecule has 1 aliphatic rings. The van der Waals surface area contributed by atoms with Gasteiger partial charge in [0.1, 0.15) is 17.2 Å². The molecule has 1 aliphatic carbocycles. The molecule has 1 aromatic carbocycles. The van der Waals surface area contributed by atoms with E-state index in [-0.39, 0.29) is 31.4 Å². The number of nitrogens with one attached hydrogen (secondary N) is 2. The van der Waals surface area contributed by atoms with E-state index < -0.39 is 28.6 Å². The van der Waals surface area contributed by atoms with Crippen molar-refractivity contribution in [3.05, 3.63) is 35.4 Å². The standard InChI is InChI=1S/C15H19F2N3O2.ClH/c16-10-4-3-5-11(17)12(10)13(21)19-8-9-20-14(22)15(18)6-1-2-7-15;/h3-5H,1-2,6-9,18H2,(H,19,21)(H,20,22);1H.